The molecule has 3 nitrogen and oxygen atoms in total. The highest BCUT2D eigenvalue weighted by Crippen LogP contribution is 2.27. The van der Waals surface area contributed by atoms with Gasteiger partial charge in [0.05, 0.1) is 11.7 Å². The van der Waals surface area contributed by atoms with Gasteiger partial charge in [0, 0.05) is 5.02 Å². The normalized spacial score (nSPS) is 10.5. The second kappa shape index (κ2) is 4.53. The van der Waals surface area contributed by atoms with Crippen molar-refractivity contribution in [1.82, 2.24) is 0 Å². The smallest absolute Gasteiger partial charge is 0.252 e. The third-order valence-electron chi connectivity index (χ3n) is 1.89. The number of ether oxygens (including phenoxy) is 1. The Kier molecular flexibility index (Phi) is 3.58. The maximum Gasteiger partial charge on any atom is 0.252 e. The molecule has 2 N–H and O–H groups in total. The van der Waals surface area contributed by atoms with Crippen LogP contribution in [0.1, 0.15) is 29.8 Å². The SMILES string of the molecule is Cc1cc(OC(C)C)c(C(N)=O)cc1Cl. The Balaban J connectivity index is 3.22. The first-order valence-electron chi connectivity index (χ1n) is 4.68. The average Bonchev–Trinajstić information content (AvgIpc) is 2.09. The summed E-state index contributed by atoms with van der Waals surface area (Å²) in [6.07, 6.45) is -0.0105. The van der Waals surface area contributed by atoms with E-state index >= 15 is 0 Å². The number of primary amides is 1. The van der Waals surface area contributed by atoms with E-state index in [0.29, 0.717) is 16.3 Å². The zero-order chi connectivity index (χ0) is 11.6. The van der Waals surface area contributed by atoms with Gasteiger partial charge in [0.1, 0.15) is 5.75 Å². The molecule has 0 aliphatic carbocycles. The summed E-state index contributed by atoms with van der Waals surface area (Å²) in [7, 11) is 0. The van der Waals surface area contributed by atoms with E-state index in [9.17, 15) is 4.79 Å². The molecular weight excluding hydrogens is 214 g/mol. The molecule has 1 aromatic rings. The summed E-state index contributed by atoms with van der Waals surface area (Å²) >= 11 is 5.90. The highest BCUT2D eigenvalue weighted by molar-refractivity contribution is 6.31. The number of halogens is 1. The molecular formula is C11H14ClNO2. The zero-order valence-electron chi connectivity index (χ0n) is 9.00. The van der Waals surface area contributed by atoms with Crippen molar-refractivity contribution in [3.05, 3.63) is 28.3 Å². The van der Waals surface area contributed by atoms with Gasteiger partial charge in [-0.25, -0.2) is 0 Å². The third-order valence-corrected chi connectivity index (χ3v) is 2.30. The Morgan fingerprint density at radius 1 is 1.47 bits per heavy atom. The molecule has 1 amide bonds. The van der Waals surface area contributed by atoms with Crippen molar-refractivity contribution in [3.63, 3.8) is 0 Å². The van der Waals surface area contributed by atoms with Crippen LogP contribution in [-0.4, -0.2) is 12.0 Å². The van der Waals surface area contributed by atoms with E-state index in [0.717, 1.165) is 5.56 Å². The zero-order valence-corrected chi connectivity index (χ0v) is 9.76. The fourth-order valence-corrected chi connectivity index (χ4v) is 1.36. The molecule has 15 heavy (non-hydrogen) atoms. The van der Waals surface area contributed by atoms with E-state index < -0.39 is 5.91 Å². The summed E-state index contributed by atoms with van der Waals surface area (Å²) < 4.78 is 5.48. The van der Waals surface area contributed by atoms with Crippen LogP contribution in [0.5, 0.6) is 5.75 Å². The maximum absolute atomic E-state index is 11.2. The van der Waals surface area contributed by atoms with Crippen molar-refractivity contribution >= 4 is 17.5 Å². The minimum absolute atomic E-state index is 0.0105. The number of carbonyl (C=O) groups excluding carboxylic acids is 1. The number of aryl methyl sites for hydroxylation is 1. The highest BCUT2D eigenvalue weighted by atomic mass is 35.5. The van der Waals surface area contributed by atoms with Crippen LogP contribution in [0.3, 0.4) is 0 Å². The van der Waals surface area contributed by atoms with Crippen molar-refractivity contribution in [3.8, 4) is 5.75 Å². The number of carbonyl (C=O) groups is 1. The molecule has 0 saturated carbocycles. The van der Waals surface area contributed by atoms with Crippen molar-refractivity contribution in [2.24, 2.45) is 5.73 Å². The van der Waals surface area contributed by atoms with Gasteiger partial charge in [-0.05, 0) is 38.5 Å². The Bertz CT molecular complexity index is 388. The first-order valence-corrected chi connectivity index (χ1v) is 5.06. The summed E-state index contributed by atoms with van der Waals surface area (Å²) in [6.45, 7) is 5.61. The molecule has 0 unspecified atom stereocenters. The minimum atomic E-state index is -0.535. The molecule has 0 heterocycles. The van der Waals surface area contributed by atoms with Crippen LogP contribution < -0.4 is 10.5 Å². The van der Waals surface area contributed by atoms with Gasteiger partial charge in [0.25, 0.3) is 5.91 Å². The van der Waals surface area contributed by atoms with E-state index in [4.69, 9.17) is 22.1 Å². The maximum atomic E-state index is 11.2. The van der Waals surface area contributed by atoms with E-state index in [2.05, 4.69) is 0 Å². The third kappa shape index (κ3) is 2.86. The van der Waals surface area contributed by atoms with Crippen LogP contribution >= 0.6 is 11.6 Å². The highest BCUT2D eigenvalue weighted by Gasteiger charge is 2.13. The van der Waals surface area contributed by atoms with E-state index in [1.54, 1.807) is 6.07 Å². The molecule has 0 radical (unpaired) electrons. The first kappa shape index (κ1) is 11.9. The van der Waals surface area contributed by atoms with E-state index in [-0.39, 0.29) is 6.10 Å². The lowest BCUT2D eigenvalue weighted by Crippen LogP contribution is -2.15. The van der Waals surface area contributed by atoms with Crippen LogP contribution in [0.4, 0.5) is 0 Å². The topological polar surface area (TPSA) is 52.3 Å². The largest absolute Gasteiger partial charge is 0.490 e. The van der Waals surface area contributed by atoms with Crippen LogP contribution in [0.25, 0.3) is 0 Å². The van der Waals surface area contributed by atoms with Crippen molar-refractivity contribution in [1.29, 1.82) is 0 Å². The second-order valence-corrected chi connectivity index (χ2v) is 4.04. The van der Waals surface area contributed by atoms with Crippen molar-refractivity contribution < 1.29 is 9.53 Å². The van der Waals surface area contributed by atoms with E-state index in [1.165, 1.54) is 6.07 Å². The summed E-state index contributed by atoms with van der Waals surface area (Å²) in [5.74, 6) is -0.0491. The number of rotatable bonds is 3. The molecule has 1 aromatic carbocycles. The van der Waals surface area contributed by atoms with Crippen LogP contribution in [-0.2, 0) is 0 Å². The molecule has 0 aliphatic heterocycles. The van der Waals surface area contributed by atoms with E-state index in [1.807, 2.05) is 20.8 Å². The summed E-state index contributed by atoms with van der Waals surface area (Å²) in [5.41, 5.74) is 6.41. The average molecular weight is 228 g/mol. The van der Waals surface area contributed by atoms with Crippen molar-refractivity contribution in [2.45, 2.75) is 26.9 Å². The standard InChI is InChI=1S/C11H14ClNO2/c1-6(2)15-10-4-7(3)9(12)5-8(10)11(13)14/h4-6H,1-3H3,(H2,13,14). The Labute approximate surface area is 94.2 Å². The predicted molar refractivity (Wildman–Crippen MR) is 60.5 cm³/mol. The van der Waals surface area contributed by atoms with Crippen LogP contribution in [0, 0.1) is 6.92 Å². The van der Waals surface area contributed by atoms with Crippen LogP contribution in [0.15, 0.2) is 12.1 Å². The Hall–Kier alpha value is -1.22. The first-order chi connectivity index (χ1) is 6.91. The molecule has 0 aromatic heterocycles. The second-order valence-electron chi connectivity index (χ2n) is 3.63. The fourth-order valence-electron chi connectivity index (χ4n) is 1.20. The molecule has 0 atom stereocenters. The molecule has 0 aliphatic rings. The number of hydrogen-bond acceptors (Lipinski definition) is 2. The Morgan fingerprint density at radius 2 is 2.07 bits per heavy atom. The van der Waals surface area contributed by atoms with Crippen LogP contribution in [0.2, 0.25) is 5.02 Å². The number of amides is 1. The molecule has 0 bridgehead atoms. The summed E-state index contributed by atoms with van der Waals surface area (Å²) in [4.78, 5) is 11.2. The van der Waals surface area contributed by atoms with Gasteiger partial charge in [0.15, 0.2) is 0 Å². The van der Waals surface area contributed by atoms with Gasteiger partial charge in [0.2, 0.25) is 0 Å². The summed E-state index contributed by atoms with van der Waals surface area (Å²) in [6, 6.07) is 3.26. The molecule has 0 fully saturated rings. The lowest BCUT2D eigenvalue weighted by atomic mass is 10.1. The molecule has 0 spiro atoms. The number of nitrogens with two attached hydrogens (primary N) is 1. The monoisotopic (exact) mass is 227 g/mol. The van der Waals surface area contributed by atoms with Crippen molar-refractivity contribution in [2.75, 3.05) is 0 Å². The van der Waals surface area contributed by atoms with Gasteiger partial charge >= 0.3 is 0 Å². The van der Waals surface area contributed by atoms with Gasteiger partial charge < -0.3 is 10.5 Å². The van der Waals surface area contributed by atoms with Gasteiger partial charge in [-0.1, -0.05) is 11.6 Å². The Morgan fingerprint density at radius 3 is 2.53 bits per heavy atom. The number of benzene rings is 1. The lowest BCUT2D eigenvalue weighted by Gasteiger charge is -2.14. The van der Waals surface area contributed by atoms with Gasteiger partial charge in [-0.15, -0.1) is 0 Å². The quantitative estimate of drug-likeness (QED) is 0.863. The number of hydrogen-bond donors (Lipinski definition) is 1. The predicted octanol–water partition coefficient (Wildman–Crippen LogP) is 2.53. The minimum Gasteiger partial charge on any atom is -0.490 e. The molecule has 4 heteroatoms. The summed E-state index contributed by atoms with van der Waals surface area (Å²) in [5, 5.41) is 0.514. The lowest BCUT2D eigenvalue weighted by molar-refractivity contribution is 0.0994. The molecule has 0 saturated heterocycles. The molecule has 1 rings (SSSR count). The van der Waals surface area contributed by atoms with Gasteiger partial charge in [-0.2, -0.15) is 0 Å². The van der Waals surface area contributed by atoms with Gasteiger partial charge in [-0.3, -0.25) is 4.79 Å². The fraction of sp³-hybridized carbons (Fsp3) is 0.364. The molecule has 82 valence electrons.